The van der Waals surface area contributed by atoms with Crippen molar-refractivity contribution in [2.45, 2.75) is 13.3 Å². The summed E-state index contributed by atoms with van der Waals surface area (Å²) < 4.78 is 16.4. The summed E-state index contributed by atoms with van der Waals surface area (Å²) in [7, 11) is 3.12. The minimum Gasteiger partial charge on any atom is -0.494 e. The van der Waals surface area contributed by atoms with Crippen LogP contribution in [0.5, 0.6) is 17.2 Å². The maximum atomic E-state index is 13.2. The number of pyridine rings is 1. The van der Waals surface area contributed by atoms with Crippen LogP contribution in [0.2, 0.25) is 0 Å². The Kier molecular flexibility index (Phi) is 7.57. The van der Waals surface area contributed by atoms with Gasteiger partial charge < -0.3 is 14.2 Å². The van der Waals surface area contributed by atoms with Crippen molar-refractivity contribution in [1.82, 2.24) is 10.4 Å². The first-order valence-corrected chi connectivity index (χ1v) is 11.3. The third kappa shape index (κ3) is 5.41. The lowest BCUT2D eigenvalue weighted by atomic mass is 10.0. The number of benzene rings is 3. The van der Waals surface area contributed by atoms with Crippen LogP contribution in [0.1, 0.15) is 29.3 Å². The Morgan fingerprint density at radius 2 is 1.80 bits per heavy atom. The molecule has 7 heteroatoms. The summed E-state index contributed by atoms with van der Waals surface area (Å²) in [6.07, 6.45) is 2.47. The number of nitrogens with zero attached hydrogens (tertiary/aromatic N) is 2. The molecule has 3 aromatic carbocycles. The highest BCUT2D eigenvalue weighted by Crippen LogP contribution is 2.29. The highest BCUT2D eigenvalue weighted by molar-refractivity contribution is 6.07. The fourth-order valence-corrected chi connectivity index (χ4v) is 3.69. The first kappa shape index (κ1) is 23.8. The molecule has 0 fully saturated rings. The molecule has 0 aliphatic carbocycles. The van der Waals surface area contributed by atoms with Crippen molar-refractivity contribution in [3.05, 3.63) is 83.9 Å². The second kappa shape index (κ2) is 11.2. The molecule has 0 unspecified atom stereocenters. The number of amides is 1. The molecule has 1 N–H and O–H groups in total. The molecule has 0 bridgehead atoms. The van der Waals surface area contributed by atoms with Gasteiger partial charge >= 0.3 is 0 Å². The molecule has 0 atom stereocenters. The fourth-order valence-electron chi connectivity index (χ4n) is 3.69. The zero-order valence-corrected chi connectivity index (χ0v) is 19.9. The normalized spacial score (nSPS) is 10.9. The molecule has 0 saturated heterocycles. The van der Waals surface area contributed by atoms with E-state index in [0.29, 0.717) is 34.9 Å². The highest BCUT2D eigenvalue weighted by atomic mass is 16.5. The van der Waals surface area contributed by atoms with Crippen LogP contribution < -0.4 is 19.6 Å². The molecule has 0 aliphatic rings. The van der Waals surface area contributed by atoms with E-state index in [1.807, 2.05) is 60.7 Å². The monoisotopic (exact) mass is 469 g/mol. The molecule has 4 rings (SSSR count). The van der Waals surface area contributed by atoms with Crippen molar-refractivity contribution in [1.29, 1.82) is 0 Å². The Balaban J connectivity index is 1.62. The Hall–Kier alpha value is -4.39. The van der Waals surface area contributed by atoms with Gasteiger partial charge in [-0.2, -0.15) is 5.10 Å². The van der Waals surface area contributed by atoms with E-state index in [9.17, 15) is 4.79 Å². The van der Waals surface area contributed by atoms with E-state index in [1.165, 1.54) is 6.21 Å². The number of hydrogen-bond donors (Lipinski definition) is 1. The van der Waals surface area contributed by atoms with Gasteiger partial charge in [-0.3, -0.25) is 4.79 Å². The summed E-state index contributed by atoms with van der Waals surface area (Å²) in [5, 5.41) is 4.90. The van der Waals surface area contributed by atoms with Gasteiger partial charge in [0.25, 0.3) is 5.91 Å². The Morgan fingerprint density at radius 1 is 1.00 bits per heavy atom. The number of hydrogen-bond acceptors (Lipinski definition) is 6. The number of ether oxygens (including phenoxy) is 3. The molecule has 7 nitrogen and oxygen atoms in total. The molecule has 1 aromatic heterocycles. The molecule has 0 saturated carbocycles. The smallest absolute Gasteiger partial charge is 0.272 e. The molecule has 0 spiro atoms. The van der Waals surface area contributed by atoms with E-state index in [1.54, 1.807) is 26.4 Å². The highest BCUT2D eigenvalue weighted by Gasteiger charge is 2.14. The van der Waals surface area contributed by atoms with Crippen LogP contribution >= 0.6 is 0 Å². The van der Waals surface area contributed by atoms with Crippen LogP contribution in [-0.2, 0) is 0 Å². The van der Waals surface area contributed by atoms with Crippen LogP contribution in [0.4, 0.5) is 0 Å². The van der Waals surface area contributed by atoms with Crippen molar-refractivity contribution >= 4 is 23.0 Å². The molecule has 4 aromatic rings. The number of fused-ring (bicyclic) bond motifs is 1. The number of nitrogens with one attached hydrogen (secondary N) is 1. The lowest BCUT2D eigenvalue weighted by Gasteiger charge is -2.11. The third-order valence-electron chi connectivity index (χ3n) is 5.39. The van der Waals surface area contributed by atoms with E-state index >= 15 is 0 Å². The van der Waals surface area contributed by atoms with Crippen LogP contribution in [0.25, 0.3) is 22.2 Å². The van der Waals surface area contributed by atoms with Crippen molar-refractivity contribution in [2.75, 3.05) is 20.8 Å². The largest absolute Gasteiger partial charge is 0.494 e. The van der Waals surface area contributed by atoms with E-state index in [2.05, 4.69) is 17.5 Å². The third-order valence-corrected chi connectivity index (χ3v) is 5.39. The summed E-state index contributed by atoms with van der Waals surface area (Å²) in [5.41, 5.74) is 6.08. The maximum absolute atomic E-state index is 13.2. The summed E-state index contributed by atoms with van der Waals surface area (Å²) in [4.78, 5) is 17.9. The SMILES string of the molecule is CCCOc1ccc(-c2cc(C(=O)NN=Cc3cccc(OC)c3OC)c3ccccc3n2)cc1. The number of aromatic nitrogens is 1. The molecule has 0 aliphatic heterocycles. The van der Waals surface area contributed by atoms with Crippen molar-refractivity contribution < 1.29 is 19.0 Å². The molecule has 1 heterocycles. The lowest BCUT2D eigenvalue weighted by Crippen LogP contribution is -2.18. The van der Waals surface area contributed by atoms with Crippen LogP contribution in [0.15, 0.2) is 77.9 Å². The number of carbonyl (C=O) groups is 1. The first-order chi connectivity index (χ1) is 17.1. The topological polar surface area (TPSA) is 82.0 Å². The predicted octanol–water partition coefficient (Wildman–Crippen LogP) is 5.47. The Morgan fingerprint density at radius 3 is 2.54 bits per heavy atom. The summed E-state index contributed by atoms with van der Waals surface area (Å²) in [6.45, 7) is 2.73. The summed E-state index contributed by atoms with van der Waals surface area (Å²) >= 11 is 0. The number of rotatable bonds is 9. The van der Waals surface area contributed by atoms with Crippen LogP contribution in [-0.4, -0.2) is 37.9 Å². The van der Waals surface area contributed by atoms with E-state index < -0.39 is 0 Å². The predicted molar refractivity (Wildman–Crippen MR) is 138 cm³/mol. The minimum absolute atomic E-state index is 0.342. The molecular formula is C28H27N3O4. The fraction of sp³-hybridized carbons (Fsp3) is 0.179. The van der Waals surface area contributed by atoms with Gasteiger partial charge in [0.1, 0.15) is 5.75 Å². The van der Waals surface area contributed by atoms with E-state index in [0.717, 1.165) is 28.6 Å². The van der Waals surface area contributed by atoms with Gasteiger partial charge in [-0.1, -0.05) is 31.2 Å². The van der Waals surface area contributed by atoms with Crippen LogP contribution in [0.3, 0.4) is 0 Å². The first-order valence-electron chi connectivity index (χ1n) is 11.3. The number of methoxy groups -OCH3 is 2. The second-order valence-corrected chi connectivity index (χ2v) is 7.73. The summed E-state index contributed by atoms with van der Waals surface area (Å²) in [5.74, 6) is 1.58. The maximum Gasteiger partial charge on any atom is 0.272 e. The van der Waals surface area contributed by atoms with Crippen molar-refractivity contribution in [2.24, 2.45) is 5.10 Å². The van der Waals surface area contributed by atoms with Gasteiger partial charge in [0.2, 0.25) is 0 Å². The van der Waals surface area contributed by atoms with Gasteiger partial charge in [0.05, 0.1) is 43.8 Å². The quantitative estimate of drug-likeness (QED) is 0.260. The number of carbonyl (C=O) groups excluding carboxylic acids is 1. The van der Waals surface area contributed by atoms with E-state index in [4.69, 9.17) is 19.2 Å². The number of hydrazone groups is 1. The van der Waals surface area contributed by atoms with Gasteiger partial charge in [0.15, 0.2) is 11.5 Å². The van der Waals surface area contributed by atoms with Crippen molar-refractivity contribution in [3.63, 3.8) is 0 Å². The Labute approximate surface area is 204 Å². The molecular weight excluding hydrogens is 442 g/mol. The lowest BCUT2D eigenvalue weighted by molar-refractivity contribution is 0.0956. The Bertz CT molecular complexity index is 1350. The molecule has 0 radical (unpaired) electrons. The number of para-hydroxylation sites is 2. The zero-order valence-electron chi connectivity index (χ0n) is 19.9. The molecule has 35 heavy (non-hydrogen) atoms. The molecule has 178 valence electrons. The van der Waals surface area contributed by atoms with Crippen LogP contribution in [0, 0.1) is 0 Å². The zero-order chi connectivity index (χ0) is 24.6. The van der Waals surface area contributed by atoms with Crippen molar-refractivity contribution in [3.8, 4) is 28.5 Å². The van der Waals surface area contributed by atoms with Gasteiger partial charge in [-0.25, -0.2) is 10.4 Å². The van der Waals surface area contributed by atoms with Gasteiger partial charge in [0, 0.05) is 16.5 Å². The average molecular weight is 470 g/mol. The minimum atomic E-state index is -0.342. The second-order valence-electron chi connectivity index (χ2n) is 7.73. The van der Waals surface area contributed by atoms with E-state index in [-0.39, 0.29) is 5.91 Å². The summed E-state index contributed by atoms with van der Waals surface area (Å²) in [6, 6.07) is 22.5. The standard InChI is InChI=1S/C28H27N3O4/c1-4-16-35-21-14-12-19(13-15-21)25-17-23(22-9-5-6-10-24(22)30-25)28(32)31-29-18-20-8-7-11-26(33-2)27(20)34-3/h5-15,17-18H,4,16H2,1-3H3,(H,31,32). The molecule has 1 amide bonds. The average Bonchev–Trinajstić information content (AvgIpc) is 2.91. The van der Waals surface area contributed by atoms with Gasteiger partial charge in [-0.15, -0.1) is 0 Å². The van der Waals surface area contributed by atoms with Gasteiger partial charge in [-0.05, 0) is 55.0 Å².